The molecule has 0 saturated carbocycles. The second-order valence-electron chi connectivity index (χ2n) is 8.79. The number of carbonyl (C=O) groups is 2. The van der Waals surface area contributed by atoms with E-state index in [0.717, 1.165) is 22.4 Å². The van der Waals surface area contributed by atoms with Crippen molar-refractivity contribution in [2.24, 2.45) is 4.99 Å². The van der Waals surface area contributed by atoms with Crippen LogP contribution in [0.15, 0.2) is 64.6 Å². The van der Waals surface area contributed by atoms with Gasteiger partial charge in [-0.25, -0.2) is 4.68 Å². The molecule has 0 aliphatic carbocycles. The van der Waals surface area contributed by atoms with Crippen molar-refractivity contribution in [1.82, 2.24) is 14.8 Å². The molecule has 4 aromatic rings. The third kappa shape index (κ3) is 5.49. The van der Waals surface area contributed by atoms with Gasteiger partial charge in [-0.15, -0.1) is 11.3 Å². The lowest BCUT2D eigenvalue weighted by Gasteiger charge is -2.05. The largest absolute Gasteiger partial charge is 0.295 e. The van der Waals surface area contributed by atoms with E-state index in [0.29, 0.717) is 39.6 Å². The first kappa shape index (κ1) is 25.2. The maximum absolute atomic E-state index is 13.1. The Hall–Kier alpha value is -3.91. The van der Waals surface area contributed by atoms with Gasteiger partial charge < -0.3 is 0 Å². The van der Waals surface area contributed by atoms with Crippen molar-refractivity contribution in [2.45, 2.75) is 40.5 Å². The van der Waals surface area contributed by atoms with Gasteiger partial charge in [0.2, 0.25) is 0 Å². The van der Waals surface area contributed by atoms with Crippen molar-refractivity contribution >= 4 is 28.6 Å². The number of hydrogen-bond acceptors (Lipinski definition) is 6. The van der Waals surface area contributed by atoms with E-state index >= 15 is 0 Å². The monoisotopic (exact) mass is 500 g/mol. The van der Waals surface area contributed by atoms with Crippen LogP contribution in [0.2, 0.25) is 0 Å². The van der Waals surface area contributed by atoms with Crippen LogP contribution in [0.1, 0.15) is 60.6 Å². The molecule has 1 N–H and O–H groups in total. The van der Waals surface area contributed by atoms with Crippen molar-refractivity contribution in [3.8, 4) is 5.69 Å². The standard InChI is InChI=1S/C28H28N4O3S/c1-17-7-9-22(14-18(17)2)32-28(35)27(20(4)31-32)19(3)30-16-24(34)26-12-11-25(36-26)23(33)10-8-21-6-5-13-29-15-21/h5-7,9,11-15,31H,8,10,16H2,1-4H3. The number of ketones is 2. The molecule has 0 unspecified atom stereocenters. The highest BCUT2D eigenvalue weighted by Crippen LogP contribution is 2.20. The predicted molar refractivity (Wildman–Crippen MR) is 143 cm³/mol. The molecule has 7 nitrogen and oxygen atoms in total. The van der Waals surface area contributed by atoms with E-state index in [1.807, 2.05) is 51.1 Å². The Morgan fingerprint density at radius 1 is 1.03 bits per heavy atom. The average molecular weight is 501 g/mol. The minimum atomic E-state index is -0.206. The molecular weight excluding hydrogens is 472 g/mol. The van der Waals surface area contributed by atoms with Gasteiger partial charge in [-0.2, -0.15) is 0 Å². The van der Waals surface area contributed by atoms with Gasteiger partial charge in [0.15, 0.2) is 11.6 Å². The number of thiophene rings is 1. The van der Waals surface area contributed by atoms with E-state index < -0.39 is 0 Å². The number of H-pyrrole nitrogens is 1. The summed E-state index contributed by atoms with van der Waals surface area (Å²) >= 11 is 1.19. The smallest absolute Gasteiger partial charge is 0.280 e. The third-order valence-electron chi connectivity index (χ3n) is 6.16. The lowest BCUT2D eigenvalue weighted by molar-refractivity contribution is 0.0984. The van der Waals surface area contributed by atoms with Gasteiger partial charge in [0.1, 0.15) is 6.54 Å². The number of aryl methyl sites for hydroxylation is 4. The third-order valence-corrected chi connectivity index (χ3v) is 7.33. The number of nitrogens with zero attached hydrogens (tertiary/aromatic N) is 3. The van der Waals surface area contributed by atoms with Gasteiger partial charge in [-0.05, 0) is 81.1 Å². The summed E-state index contributed by atoms with van der Waals surface area (Å²) in [7, 11) is 0. The molecule has 0 aliphatic rings. The van der Waals surface area contributed by atoms with E-state index in [1.165, 1.54) is 16.0 Å². The fourth-order valence-electron chi connectivity index (χ4n) is 3.93. The Morgan fingerprint density at radius 3 is 2.47 bits per heavy atom. The maximum atomic E-state index is 13.1. The van der Waals surface area contributed by atoms with Crippen LogP contribution in [0.4, 0.5) is 0 Å². The lowest BCUT2D eigenvalue weighted by atomic mass is 10.1. The SMILES string of the molecule is CC(=NCC(=O)c1ccc(C(=O)CCc2cccnc2)s1)c1c(C)[nH]n(-c2ccc(C)c(C)c2)c1=O. The van der Waals surface area contributed by atoms with Crippen molar-refractivity contribution < 1.29 is 9.59 Å². The van der Waals surface area contributed by atoms with Crippen LogP contribution >= 0.6 is 11.3 Å². The minimum absolute atomic E-state index is 0.00238. The van der Waals surface area contributed by atoms with Crippen LogP contribution in [-0.2, 0) is 6.42 Å². The highest BCUT2D eigenvalue weighted by molar-refractivity contribution is 7.16. The predicted octanol–water partition coefficient (Wildman–Crippen LogP) is 5.05. The van der Waals surface area contributed by atoms with Crippen molar-refractivity contribution in [3.05, 3.63) is 103 Å². The lowest BCUT2D eigenvalue weighted by Crippen LogP contribution is -2.20. The van der Waals surface area contributed by atoms with Crippen molar-refractivity contribution in [3.63, 3.8) is 0 Å². The van der Waals surface area contributed by atoms with E-state index in [9.17, 15) is 14.4 Å². The van der Waals surface area contributed by atoms with E-state index in [4.69, 9.17) is 0 Å². The van der Waals surface area contributed by atoms with Gasteiger partial charge in [-0.3, -0.25) is 29.5 Å². The molecule has 0 aliphatic heterocycles. The Morgan fingerprint density at radius 2 is 1.78 bits per heavy atom. The zero-order chi connectivity index (χ0) is 25.8. The Balaban J connectivity index is 1.44. The Labute approximate surface area is 213 Å². The molecule has 0 atom stereocenters. The highest BCUT2D eigenvalue weighted by atomic mass is 32.1. The molecular formula is C28H28N4O3S. The second-order valence-corrected chi connectivity index (χ2v) is 9.88. The van der Waals surface area contributed by atoms with E-state index in [2.05, 4.69) is 15.1 Å². The second kappa shape index (κ2) is 10.8. The molecule has 0 spiro atoms. The molecule has 0 bridgehead atoms. The zero-order valence-electron chi connectivity index (χ0n) is 20.8. The minimum Gasteiger partial charge on any atom is -0.295 e. The van der Waals surface area contributed by atoms with Gasteiger partial charge in [0.05, 0.1) is 21.0 Å². The zero-order valence-corrected chi connectivity index (χ0v) is 21.6. The number of rotatable bonds is 9. The Kier molecular flexibility index (Phi) is 7.55. The molecule has 36 heavy (non-hydrogen) atoms. The quantitative estimate of drug-likeness (QED) is 0.257. The maximum Gasteiger partial charge on any atom is 0.280 e. The summed E-state index contributed by atoms with van der Waals surface area (Å²) in [6.45, 7) is 7.48. The number of benzene rings is 1. The van der Waals surface area contributed by atoms with Crippen LogP contribution in [0.5, 0.6) is 0 Å². The van der Waals surface area contributed by atoms with Gasteiger partial charge in [0, 0.05) is 30.2 Å². The molecule has 3 heterocycles. The van der Waals surface area contributed by atoms with Crippen LogP contribution in [0.3, 0.4) is 0 Å². The first-order chi connectivity index (χ1) is 17.2. The number of hydrogen-bond donors (Lipinski definition) is 1. The summed E-state index contributed by atoms with van der Waals surface area (Å²) in [5.41, 5.74) is 5.42. The van der Waals surface area contributed by atoms with Crippen LogP contribution in [0.25, 0.3) is 5.69 Å². The number of pyridine rings is 1. The van der Waals surface area contributed by atoms with Crippen LogP contribution in [-0.4, -0.2) is 38.6 Å². The molecule has 0 saturated heterocycles. The first-order valence-electron chi connectivity index (χ1n) is 11.7. The molecule has 0 amide bonds. The number of nitrogens with one attached hydrogen (secondary N) is 1. The van der Waals surface area contributed by atoms with Gasteiger partial charge in [-0.1, -0.05) is 12.1 Å². The molecule has 3 aromatic heterocycles. The molecule has 0 fully saturated rings. The van der Waals surface area contributed by atoms with E-state index in [1.54, 1.807) is 31.5 Å². The summed E-state index contributed by atoms with van der Waals surface area (Å²) < 4.78 is 1.50. The van der Waals surface area contributed by atoms with Crippen LogP contribution < -0.4 is 5.56 Å². The summed E-state index contributed by atoms with van der Waals surface area (Å²) in [4.78, 5) is 47.9. The van der Waals surface area contributed by atoms with Crippen molar-refractivity contribution in [2.75, 3.05) is 6.54 Å². The number of aliphatic imine (C=N–C) groups is 1. The van der Waals surface area contributed by atoms with Gasteiger partial charge >= 0.3 is 0 Å². The van der Waals surface area contributed by atoms with E-state index in [-0.39, 0.29) is 23.7 Å². The number of carbonyl (C=O) groups excluding carboxylic acids is 2. The first-order valence-corrected chi connectivity index (χ1v) is 12.5. The van der Waals surface area contributed by atoms with Crippen molar-refractivity contribution in [1.29, 1.82) is 0 Å². The molecule has 0 radical (unpaired) electrons. The highest BCUT2D eigenvalue weighted by Gasteiger charge is 2.17. The molecule has 8 heteroatoms. The fourth-order valence-corrected chi connectivity index (χ4v) is 4.83. The van der Waals surface area contributed by atoms with Gasteiger partial charge in [0.25, 0.3) is 5.56 Å². The number of Topliss-reactive ketones (excluding diaryl/α,β-unsaturated/α-hetero) is 2. The molecule has 1 aromatic carbocycles. The topological polar surface area (TPSA) is 97.2 Å². The normalized spacial score (nSPS) is 11.6. The van der Waals surface area contributed by atoms with Crippen LogP contribution in [0, 0.1) is 20.8 Å². The molecule has 4 rings (SSSR count). The summed E-state index contributed by atoms with van der Waals surface area (Å²) in [6, 6.07) is 13.0. The summed E-state index contributed by atoms with van der Waals surface area (Å²) in [6.07, 6.45) is 4.41. The summed E-state index contributed by atoms with van der Waals surface area (Å²) in [5, 5.41) is 3.11. The number of aromatic nitrogens is 3. The summed E-state index contributed by atoms with van der Waals surface area (Å²) in [5.74, 6) is -0.189. The fraction of sp³-hybridized carbons (Fsp3) is 0.250. The molecule has 184 valence electrons. The average Bonchev–Trinajstić information content (AvgIpc) is 3.48. The number of aromatic amines is 1. The Bertz CT molecular complexity index is 1510.